The zero-order valence-corrected chi connectivity index (χ0v) is 16.9. The molecule has 5 nitrogen and oxygen atoms in total. The minimum atomic E-state index is 0.515. The Morgan fingerprint density at radius 2 is 1.61 bits per heavy atom. The van der Waals surface area contributed by atoms with Crippen LogP contribution >= 0.6 is 11.6 Å². The van der Waals surface area contributed by atoms with Crippen LogP contribution < -0.4 is 9.80 Å². The first-order valence-corrected chi connectivity index (χ1v) is 10.9. The van der Waals surface area contributed by atoms with Gasteiger partial charge in [0.2, 0.25) is 0 Å². The highest BCUT2D eigenvalue weighted by atomic mass is 35.5. The first kappa shape index (κ1) is 18.2. The van der Waals surface area contributed by atoms with E-state index in [1.807, 2.05) is 12.1 Å². The largest absolute Gasteiger partial charge is 0.381 e. The van der Waals surface area contributed by atoms with Crippen molar-refractivity contribution in [2.24, 2.45) is 0 Å². The van der Waals surface area contributed by atoms with Gasteiger partial charge in [-0.1, -0.05) is 17.7 Å². The van der Waals surface area contributed by atoms with Crippen LogP contribution in [0.25, 0.3) is 0 Å². The van der Waals surface area contributed by atoms with Crippen LogP contribution in [-0.2, 0) is 4.74 Å². The SMILES string of the molecule is Clc1cccc(N2CCN(c3cc(C4CCOCC4)nc(C4CC4)n3)CC2)c1. The molecule has 0 N–H and O–H groups in total. The molecular formula is C22H27ClN4O. The maximum atomic E-state index is 6.17. The van der Waals surface area contributed by atoms with Crippen LogP contribution in [0, 0.1) is 0 Å². The maximum absolute atomic E-state index is 6.17. The number of hydrogen-bond acceptors (Lipinski definition) is 5. The molecular weight excluding hydrogens is 372 g/mol. The maximum Gasteiger partial charge on any atom is 0.134 e. The summed E-state index contributed by atoms with van der Waals surface area (Å²) in [5.41, 5.74) is 2.43. The van der Waals surface area contributed by atoms with Crippen molar-refractivity contribution in [3.8, 4) is 0 Å². The van der Waals surface area contributed by atoms with E-state index in [0.29, 0.717) is 11.8 Å². The van der Waals surface area contributed by atoms with Crippen molar-refractivity contribution in [2.45, 2.75) is 37.5 Å². The zero-order chi connectivity index (χ0) is 18.9. The van der Waals surface area contributed by atoms with Gasteiger partial charge in [0.25, 0.3) is 0 Å². The summed E-state index contributed by atoms with van der Waals surface area (Å²) in [4.78, 5) is 14.8. The third-order valence-electron chi connectivity index (χ3n) is 6.11. The van der Waals surface area contributed by atoms with Gasteiger partial charge in [-0.15, -0.1) is 0 Å². The van der Waals surface area contributed by atoms with E-state index in [4.69, 9.17) is 26.3 Å². The molecule has 0 radical (unpaired) electrons. The molecule has 0 atom stereocenters. The Morgan fingerprint density at radius 3 is 2.32 bits per heavy atom. The summed E-state index contributed by atoms with van der Waals surface area (Å²) in [6, 6.07) is 10.4. The fraction of sp³-hybridized carbons (Fsp3) is 0.545. The molecule has 3 fully saturated rings. The minimum absolute atomic E-state index is 0.515. The predicted molar refractivity (Wildman–Crippen MR) is 113 cm³/mol. The van der Waals surface area contributed by atoms with Gasteiger partial charge in [0, 0.05) is 73.7 Å². The van der Waals surface area contributed by atoms with Crippen LogP contribution in [0.5, 0.6) is 0 Å². The van der Waals surface area contributed by atoms with Crippen molar-refractivity contribution in [1.82, 2.24) is 9.97 Å². The number of nitrogens with zero attached hydrogens (tertiary/aromatic N) is 4. The second kappa shape index (κ2) is 7.88. The Hall–Kier alpha value is -1.85. The Balaban J connectivity index is 1.33. The van der Waals surface area contributed by atoms with Crippen molar-refractivity contribution in [3.05, 3.63) is 46.9 Å². The van der Waals surface area contributed by atoms with Gasteiger partial charge < -0.3 is 14.5 Å². The first-order valence-electron chi connectivity index (χ1n) is 10.5. The normalized spacial score (nSPS) is 21.2. The molecule has 1 aromatic heterocycles. The highest BCUT2D eigenvalue weighted by molar-refractivity contribution is 6.30. The number of rotatable bonds is 4. The van der Waals surface area contributed by atoms with Gasteiger partial charge in [-0.25, -0.2) is 9.97 Å². The van der Waals surface area contributed by atoms with Crippen molar-refractivity contribution < 1.29 is 4.74 Å². The molecule has 1 aromatic carbocycles. The molecule has 3 heterocycles. The molecule has 6 heteroatoms. The molecule has 28 heavy (non-hydrogen) atoms. The third kappa shape index (κ3) is 3.96. The number of halogens is 1. The van der Waals surface area contributed by atoms with E-state index in [0.717, 1.165) is 68.9 Å². The van der Waals surface area contributed by atoms with Gasteiger partial charge in [0.15, 0.2) is 0 Å². The lowest BCUT2D eigenvalue weighted by molar-refractivity contribution is 0.0844. The van der Waals surface area contributed by atoms with Crippen LogP contribution in [-0.4, -0.2) is 49.4 Å². The average molecular weight is 399 g/mol. The summed E-state index contributed by atoms with van der Waals surface area (Å²) in [5, 5.41) is 0.797. The number of piperazine rings is 1. The second-order valence-electron chi connectivity index (χ2n) is 8.12. The summed E-state index contributed by atoms with van der Waals surface area (Å²) in [6.45, 7) is 5.61. The molecule has 3 aliphatic rings. The van der Waals surface area contributed by atoms with E-state index in [1.165, 1.54) is 24.2 Å². The second-order valence-corrected chi connectivity index (χ2v) is 8.56. The van der Waals surface area contributed by atoms with Crippen LogP contribution in [0.3, 0.4) is 0 Å². The summed E-state index contributed by atoms with van der Waals surface area (Å²) in [5.74, 6) is 3.27. The fourth-order valence-corrected chi connectivity index (χ4v) is 4.41. The highest BCUT2D eigenvalue weighted by Crippen LogP contribution is 2.40. The minimum Gasteiger partial charge on any atom is -0.381 e. The molecule has 1 saturated carbocycles. The Morgan fingerprint density at radius 1 is 0.857 bits per heavy atom. The summed E-state index contributed by atoms with van der Waals surface area (Å²) >= 11 is 6.17. The Bertz CT molecular complexity index is 827. The molecule has 2 aromatic rings. The van der Waals surface area contributed by atoms with Gasteiger partial charge in [-0.2, -0.15) is 0 Å². The van der Waals surface area contributed by atoms with E-state index < -0.39 is 0 Å². The summed E-state index contributed by atoms with van der Waals surface area (Å²) < 4.78 is 5.55. The number of benzene rings is 1. The molecule has 0 bridgehead atoms. The van der Waals surface area contributed by atoms with Crippen LogP contribution in [0.2, 0.25) is 5.02 Å². The highest BCUT2D eigenvalue weighted by Gasteiger charge is 2.30. The number of ether oxygens (including phenoxy) is 1. The van der Waals surface area contributed by atoms with Gasteiger partial charge in [-0.05, 0) is 43.9 Å². The van der Waals surface area contributed by atoms with Gasteiger partial charge in [-0.3, -0.25) is 0 Å². The number of aromatic nitrogens is 2. The number of hydrogen-bond donors (Lipinski definition) is 0. The molecule has 0 spiro atoms. The Labute approximate surface area is 171 Å². The zero-order valence-electron chi connectivity index (χ0n) is 16.2. The van der Waals surface area contributed by atoms with Crippen molar-refractivity contribution in [2.75, 3.05) is 49.2 Å². The van der Waals surface area contributed by atoms with Crippen LogP contribution in [0.15, 0.2) is 30.3 Å². The van der Waals surface area contributed by atoms with E-state index in [2.05, 4.69) is 28.0 Å². The van der Waals surface area contributed by atoms with Crippen molar-refractivity contribution in [3.63, 3.8) is 0 Å². The molecule has 0 amide bonds. The van der Waals surface area contributed by atoms with E-state index in [-0.39, 0.29) is 0 Å². The van der Waals surface area contributed by atoms with Crippen molar-refractivity contribution >= 4 is 23.1 Å². The van der Waals surface area contributed by atoms with Crippen LogP contribution in [0.1, 0.15) is 49.0 Å². The summed E-state index contributed by atoms with van der Waals surface area (Å²) in [7, 11) is 0. The standard InChI is InChI=1S/C22H27ClN4O/c23-18-2-1-3-19(14-18)26-8-10-27(11-9-26)21-15-20(16-6-12-28-13-7-16)24-22(25-21)17-4-5-17/h1-3,14-17H,4-13H2. The molecule has 1 aliphatic carbocycles. The monoisotopic (exact) mass is 398 g/mol. The van der Waals surface area contributed by atoms with E-state index in [1.54, 1.807) is 0 Å². The van der Waals surface area contributed by atoms with E-state index >= 15 is 0 Å². The van der Waals surface area contributed by atoms with E-state index in [9.17, 15) is 0 Å². The predicted octanol–water partition coefficient (Wildman–Crippen LogP) is 4.23. The molecule has 148 valence electrons. The molecule has 0 unspecified atom stereocenters. The molecule has 2 aliphatic heterocycles. The quantitative estimate of drug-likeness (QED) is 0.770. The summed E-state index contributed by atoms with van der Waals surface area (Å²) in [6.07, 6.45) is 4.62. The topological polar surface area (TPSA) is 41.5 Å². The lowest BCUT2D eigenvalue weighted by Gasteiger charge is -2.37. The molecule has 5 rings (SSSR count). The lowest BCUT2D eigenvalue weighted by Crippen LogP contribution is -2.47. The van der Waals surface area contributed by atoms with Crippen molar-refractivity contribution in [1.29, 1.82) is 0 Å². The van der Waals surface area contributed by atoms with Crippen LogP contribution in [0.4, 0.5) is 11.5 Å². The third-order valence-corrected chi connectivity index (χ3v) is 6.34. The fourth-order valence-electron chi connectivity index (χ4n) is 4.23. The van der Waals surface area contributed by atoms with Gasteiger partial charge >= 0.3 is 0 Å². The number of anilines is 2. The molecule has 2 saturated heterocycles. The van der Waals surface area contributed by atoms with Gasteiger partial charge in [0.1, 0.15) is 11.6 Å². The lowest BCUT2D eigenvalue weighted by atomic mass is 9.96. The Kier molecular flexibility index (Phi) is 5.12. The average Bonchev–Trinajstić information content (AvgIpc) is 3.60. The van der Waals surface area contributed by atoms with Gasteiger partial charge in [0.05, 0.1) is 0 Å². The smallest absolute Gasteiger partial charge is 0.134 e. The first-order chi connectivity index (χ1) is 13.8.